The molecule has 2 aromatic carbocycles. The number of carbonyl (C=O) groups excluding carboxylic acids is 4. The van der Waals surface area contributed by atoms with E-state index in [9.17, 15) is 19.2 Å². The van der Waals surface area contributed by atoms with E-state index in [2.05, 4.69) is 12.1 Å². The number of ether oxygens (including phenoxy) is 4. The lowest BCUT2D eigenvalue weighted by atomic mass is 10.00. The zero-order valence-electron chi connectivity index (χ0n) is 25.2. The smallest absolute Gasteiger partial charge is 0.308 e. The van der Waals surface area contributed by atoms with E-state index >= 15 is 0 Å². The van der Waals surface area contributed by atoms with E-state index in [1.165, 1.54) is 36.9 Å². The summed E-state index contributed by atoms with van der Waals surface area (Å²) in [6, 6.07) is 11.8. The monoisotopic (exact) mass is 624 g/mol. The van der Waals surface area contributed by atoms with Crippen LogP contribution >= 0.6 is 22.7 Å². The van der Waals surface area contributed by atoms with Gasteiger partial charge in [0.05, 0.1) is 50.0 Å². The minimum atomic E-state index is -0.500. The molecule has 2 heterocycles. The lowest BCUT2D eigenvalue weighted by Gasteiger charge is -2.11. The van der Waals surface area contributed by atoms with Crippen molar-refractivity contribution < 1.29 is 38.1 Å². The van der Waals surface area contributed by atoms with Gasteiger partial charge in [0.1, 0.15) is 11.5 Å². The maximum absolute atomic E-state index is 12.8. The first-order valence-corrected chi connectivity index (χ1v) is 15.6. The van der Waals surface area contributed by atoms with Gasteiger partial charge in [0.2, 0.25) is 0 Å². The highest BCUT2D eigenvalue weighted by Crippen LogP contribution is 2.36. The molecule has 0 aliphatic carbocycles. The number of fused-ring (bicyclic) bond motifs is 2. The van der Waals surface area contributed by atoms with Crippen molar-refractivity contribution in [2.45, 2.75) is 46.0 Å². The number of esters is 2. The summed E-state index contributed by atoms with van der Waals surface area (Å²) in [5.41, 5.74) is 2.08. The summed E-state index contributed by atoms with van der Waals surface area (Å²) < 4.78 is 22.8. The molecule has 0 saturated heterocycles. The molecule has 43 heavy (non-hydrogen) atoms. The second-order valence-corrected chi connectivity index (χ2v) is 12.7. The number of aryl methyl sites for hydroxylation is 2. The Kier molecular flexibility index (Phi) is 10.6. The summed E-state index contributed by atoms with van der Waals surface area (Å²) in [5.74, 6) is -0.431. The highest BCUT2D eigenvalue weighted by atomic mass is 32.1. The quantitative estimate of drug-likeness (QED) is 0.108. The summed E-state index contributed by atoms with van der Waals surface area (Å²) in [5, 5.41) is 1.93. The third kappa shape index (κ3) is 7.43. The van der Waals surface area contributed by atoms with Gasteiger partial charge in [-0.05, 0) is 77.6 Å². The van der Waals surface area contributed by atoms with Gasteiger partial charge in [-0.25, -0.2) is 0 Å². The van der Waals surface area contributed by atoms with Gasteiger partial charge in [-0.1, -0.05) is 13.8 Å². The van der Waals surface area contributed by atoms with Gasteiger partial charge in [0.25, 0.3) is 0 Å². The molecule has 0 fully saturated rings. The molecule has 0 aliphatic rings. The Labute approximate surface area is 258 Å². The number of hydrogen-bond acceptors (Lipinski definition) is 10. The molecule has 4 aromatic rings. The van der Waals surface area contributed by atoms with Crippen LogP contribution in [0.1, 0.15) is 63.6 Å². The van der Waals surface area contributed by atoms with Gasteiger partial charge < -0.3 is 18.9 Å². The first-order chi connectivity index (χ1) is 20.6. The van der Waals surface area contributed by atoms with Crippen molar-refractivity contribution in [2.24, 2.45) is 11.8 Å². The second kappa shape index (κ2) is 14.1. The third-order valence-corrected chi connectivity index (χ3v) is 9.75. The number of carbonyl (C=O) groups is 4. The molecule has 0 unspecified atom stereocenters. The topological polar surface area (TPSA) is 105 Å². The summed E-state index contributed by atoms with van der Waals surface area (Å²) in [7, 11) is 5.92. The van der Waals surface area contributed by atoms with Gasteiger partial charge in [-0.15, -0.1) is 22.7 Å². The van der Waals surface area contributed by atoms with Gasteiger partial charge >= 0.3 is 11.9 Å². The van der Waals surface area contributed by atoms with Crippen LogP contribution in [0.2, 0.25) is 0 Å². The van der Waals surface area contributed by atoms with E-state index in [1.807, 2.05) is 24.3 Å². The van der Waals surface area contributed by atoms with E-state index in [0.717, 1.165) is 62.1 Å². The van der Waals surface area contributed by atoms with Crippen LogP contribution in [0.25, 0.3) is 20.2 Å². The van der Waals surface area contributed by atoms with E-state index < -0.39 is 23.8 Å². The Bertz CT molecular complexity index is 1540. The molecular formula is C33H36O8S2. The summed E-state index contributed by atoms with van der Waals surface area (Å²) in [6.07, 6.45) is 2.52. The molecule has 0 radical (unpaired) electrons. The highest BCUT2D eigenvalue weighted by Gasteiger charge is 2.22. The van der Waals surface area contributed by atoms with Gasteiger partial charge in [-0.3, -0.25) is 19.2 Å². The Morgan fingerprint density at radius 1 is 0.628 bits per heavy atom. The van der Waals surface area contributed by atoms with Crippen molar-refractivity contribution in [1.29, 1.82) is 0 Å². The maximum atomic E-state index is 12.8. The normalized spacial score (nSPS) is 12.6. The fourth-order valence-electron chi connectivity index (χ4n) is 5.07. The molecule has 0 N–H and O–H groups in total. The predicted octanol–water partition coefficient (Wildman–Crippen LogP) is 7.07. The number of ketones is 2. The molecule has 8 nitrogen and oxygen atoms in total. The van der Waals surface area contributed by atoms with Crippen LogP contribution in [0.5, 0.6) is 11.5 Å². The summed E-state index contributed by atoms with van der Waals surface area (Å²) in [6.45, 7) is 3.38. The minimum absolute atomic E-state index is 0.0848. The lowest BCUT2D eigenvalue weighted by Crippen LogP contribution is -2.16. The number of benzene rings is 2. The van der Waals surface area contributed by atoms with Crippen molar-refractivity contribution in [1.82, 2.24) is 0 Å². The molecule has 10 heteroatoms. The Morgan fingerprint density at radius 2 is 1.02 bits per heavy atom. The predicted molar refractivity (Wildman–Crippen MR) is 169 cm³/mol. The SMILES string of the molecule is COC(=O)[C@@H](C)CC(=O)c1cc2cc(CCCc3cc4cc(C(=O)C[C@H](C)C(=O)OC)sc4cc3OC)c(OC)cc2s1. The van der Waals surface area contributed by atoms with Gasteiger partial charge in [-0.2, -0.15) is 0 Å². The van der Waals surface area contributed by atoms with Crippen molar-refractivity contribution in [3.8, 4) is 11.5 Å². The zero-order valence-corrected chi connectivity index (χ0v) is 26.9. The first kappa shape index (κ1) is 32.2. The maximum Gasteiger partial charge on any atom is 0.308 e. The fourth-order valence-corrected chi connectivity index (χ4v) is 7.12. The molecule has 2 atom stereocenters. The number of thiophene rings is 2. The van der Waals surface area contributed by atoms with Crippen LogP contribution in [0.4, 0.5) is 0 Å². The number of hydrogen-bond donors (Lipinski definition) is 0. The van der Waals surface area contributed by atoms with E-state index in [-0.39, 0.29) is 24.4 Å². The lowest BCUT2D eigenvalue weighted by molar-refractivity contribution is -0.145. The standard InChI is InChI=1S/C33H36O8S2/c1-18(32(36)40-5)10-24(34)30-14-22-12-20(26(38-3)16-28(22)42-30)8-7-9-21-13-23-15-31(43-29(23)17-27(21)39-4)25(35)11-19(2)33(37)41-6/h12-19H,7-11H2,1-6H3/t18-,19-/m0/s1. The zero-order chi connectivity index (χ0) is 31.3. The summed E-state index contributed by atoms with van der Waals surface area (Å²) >= 11 is 2.79. The molecule has 4 rings (SSSR count). The average molecular weight is 625 g/mol. The number of Topliss-reactive ketones (excluding diaryl/α,β-unsaturated/α-hetero) is 2. The molecule has 2 aromatic heterocycles. The van der Waals surface area contributed by atoms with E-state index in [4.69, 9.17) is 18.9 Å². The fraction of sp³-hybridized carbons (Fsp3) is 0.394. The van der Waals surface area contributed by atoms with Gasteiger partial charge in [0, 0.05) is 22.2 Å². The second-order valence-electron chi connectivity index (χ2n) is 10.6. The molecule has 0 aliphatic heterocycles. The van der Waals surface area contributed by atoms with Gasteiger partial charge in [0.15, 0.2) is 11.6 Å². The number of methoxy groups -OCH3 is 4. The molecule has 228 valence electrons. The minimum Gasteiger partial charge on any atom is -0.496 e. The molecule has 0 saturated carbocycles. The number of rotatable bonds is 14. The van der Waals surface area contributed by atoms with Crippen molar-refractivity contribution in [3.05, 3.63) is 57.3 Å². The Balaban J connectivity index is 1.48. The van der Waals surface area contributed by atoms with Crippen LogP contribution in [0, 0.1) is 11.8 Å². The van der Waals surface area contributed by atoms with Crippen LogP contribution in [0.3, 0.4) is 0 Å². The first-order valence-electron chi connectivity index (χ1n) is 14.0. The third-order valence-electron chi connectivity index (χ3n) is 7.47. The average Bonchev–Trinajstić information content (AvgIpc) is 3.62. The largest absolute Gasteiger partial charge is 0.496 e. The van der Waals surface area contributed by atoms with Crippen molar-refractivity contribution >= 4 is 66.4 Å². The van der Waals surface area contributed by atoms with Crippen molar-refractivity contribution in [3.63, 3.8) is 0 Å². The Hall–Kier alpha value is -3.76. The van der Waals surface area contributed by atoms with E-state index in [1.54, 1.807) is 28.1 Å². The van der Waals surface area contributed by atoms with Crippen LogP contribution in [-0.2, 0) is 31.9 Å². The van der Waals surface area contributed by atoms with Crippen LogP contribution < -0.4 is 9.47 Å². The van der Waals surface area contributed by atoms with Crippen molar-refractivity contribution in [2.75, 3.05) is 28.4 Å². The van der Waals surface area contributed by atoms with E-state index in [0.29, 0.717) is 9.75 Å². The van der Waals surface area contributed by atoms with Crippen LogP contribution in [-0.4, -0.2) is 51.9 Å². The highest BCUT2D eigenvalue weighted by molar-refractivity contribution is 7.21. The molecule has 0 amide bonds. The molecular weight excluding hydrogens is 588 g/mol. The van der Waals surface area contributed by atoms with Crippen LogP contribution in [0.15, 0.2) is 36.4 Å². The molecule has 0 bridgehead atoms. The summed E-state index contributed by atoms with van der Waals surface area (Å²) in [4.78, 5) is 50.4. The Morgan fingerprint density at radius 3 is 1.37 bits per heavy atom. The molecule has 0 spiro atoms.